The Bertz CT molecular complexity index is 859. The van der Waals surface area contributed by atoms with Crippen LogP contribution >= 0.6 is 11.8 Å². The molecule has 0 amide bonds. The van der Waals surface area contributed by atoms with Gasteiger partial charge in [0.05, 0.1) is 9.79 Å². The topological polar surface area (TPSA) is 0 Å². The van der Waals surface area contributed by atoms with Gasteiger partial charge in [-0.1, -0.05) is 55.1 Å². The van der Waals surface area contributed by atoms with Crippen molar-refractivity contribution >= 4 is 29.9 Å². The minimum Gasteiger partial charge on any atom is -0.418 e. The first kappa shape index (κ1) is 19.9. The summed E-state index contributed by atoms with van der Waals surface area (Å²) in [6.07, 6.45) is 1.09. The summed E-state index contributed by atoms with van der Waals surface area (Å²) in [4.78, 5) is 7.11. The molecule has 0 bridgehead atoms. The van der Waals surface area contributed by atoms with E-state index >= 15 is 0 Å². The zero-order chi connectivity index (χ0) is 19.4. The lowest BCUT2D eigenvalue weighted by atomic mass is 10.2. The van der Waals surface area contributed by atoms with E-state index in [0.717, 1.165) is 6.42 Å². The Hall–Kier alpha value is -1.86. The van der Waals surface area contributed by atoms with Gasteiger partial charge in [0.25, 0.3) is 0 Å². The van der Waals surface area contributed by atoms with Crippen LogP contribution in [0.2, 0.25) is 0 Å². The van der Waals surface area contributed by atoms with Gasteiger partial charge in [0.2, 0.25) is 0 Å². The molecule has 3 aromatic rings. The summed E-state index contributed by atoms with van der Waals surface area (Å²) in [5, 5.41) is 0. The Morgan fingerprint density at radius 3 is 1.63 bits per heavy atom. The van der Waals surface area contributed by atoms with Gasteiger partial charge in [-0.3, -0.25) is 0 Å². The molecule has 0 saturated heterocycles. The van der Waals surface area contributed by atoms with E-state index in [4.69, 9.17) is 0 Å². The predicted molar refractivity (Wildman–Crippen MR) is 105 cm³/mol. The van der Waals surface area contributed by atoms with Crippen LogP contribution in [-0.4, -0.2) is 7.25 Å². The van der Waals surface area contributed by atoms with Gasteiger partial charge in [0, 0.05) is 0 Å². The van der Waals surface area contributed by atoms with Gasteiger partial charge >= 0.3 is 7.25 Å². The predicted octanol–water partition coefficient (Wildman–Crippen LogP) is 7.11. The molecule has 0 N–H and O–H groups in total. The first-order chi connectivity index (χ1) is 12.9. The number of aryl methyl sites for hydroxylation is 1. The zero-order valence-corrected chi connectivity index (χ0v) is 16.2. The lowest BCUT2D eigenvalue weighted by Gasteiger charge is -2.18. The van der Waals surface area contributed by atoms with E-state index in [1.54, 1.807) is 0 Å². The lowest BCUT2D eigenvalue weighted by Crippen LogP contribution is -2.10. The van der Waals surface area contributed by atoms with Gasteiger partial charge in [0.1, 0.15) is 10.9 Å². The molecule has 0 nitrogen and oxygen atoms in total. The van der Waals surface area contributed by atoms with E-state index in [1.165, 1.54) is 30.0 Å². The molecule has 0 radical (unpaired) electrons. The second-order valence-corrected chi connectivity index (χ2v) is 8.84. The number of hydrogen-bond acceptors (Lipinski definition) is 1. The number of halogens is 4. The van der Waals surface area contributed by atoms with Gasteiger partial charge in [-0.2, -0.15) is 0 Å². The van der Waals surface area contributed by atoms with Crippen molar-refractivity contribution in [2.75, 3.05) is 0 Å². The number of rotatable bonds is 2. The fourth-order valence-electron chi connectivity index (χ4n) is 2.76. The third kappa shape index (κ3) is 5.11. The average Bonchev–Trinajstić information content (AvgIpc) is 2.65. The quantitative estimate of drug-likeness (QED) is 0.194. The minimum atomic E-state index is -6.00. The average molecular weight is 408 g/mol. The third-order valence-corrected chi connectivity index (χ3v) is 7.67. The molecule has 0 atom stereocenters. The normalized spacial score (nSPS) is 13.2. The van der Waals surface area contributed by atoms with Crippen LogP contribution in [-0.2, 0) is 17.3 Å². The molecule has 7 heteroatoms. The first-order valence-electron chi connectivity index (χ1n) is 8.43. The molecule has 0 aromatic heterocycles. The van der Waals surface area contributed by atoms with Crippen molar-refractivity contribution < 1.29 is 17.3 Å². The Labute approximate surface area is 163 Å². The number of hydrogen-bond donors (Lipinski definition) is 0. The fraction of sp³-hybridized carbons (Fsp3) is 0.100. The Balaban J connectivity index is 0.000000376. The number of fused-ring (bicyclic) bond motifs is 2. The molecule has 1 heterocycles. The van der Waals surface area contributed by atoms with Crippen LogP contribution < -0.4 is 0 Å². The van der Waals surface area contributed by atoms with Crippen molar-refractivity contribution in [1.82, 2.24) is 0 Å². The van der Waals surface area contributed by atoms with Gasteiger partial charge in [-0.05, 0) is 48.4 Å². The third-order valence-electron chi connectivity index (χ3n) is 3.93. The molecule has 0 spiro atoms. The summed E-state index contributed by atoms with van der Waals surface area (Å²) in [5.41, 5.74) is 1.40. The first-order valence-corrected chi connectivity index (χ1v) is 10.5. The summed E-state index contributed by atoms with van der Waals surface area (Å²) < 4.78 is 39.0. The Morgan fingerprint density at radius 1 is 0.741 bits per heavy atom. The van der Waals surface area contributed by atoms with Crippen LogP contribution in [0.25, 0.3) is 0 Å². The molecule has 1 aliphatic heterocycles. The van der Waals surface area contributed by atoms with Crippen molar-refractivity contribution in [2.24, 2.45) is 0 Å². The van der Waals surface area contributed by atoms with Crippen LogP contribution in [0.4, 0.5) is 17.3 Å². The second kappa shape index (κ2) is 8.44. The van der Waals surface area contributed by atoms with E-state index in [-0.39, 0.29) is 10.9 Å². The summed E-state index contributed by atoms with van der Waals surface area (Å²) in [6.45, 7) is 2.21. The summed E-state index contributed by atoms with van der Waals surface area (Å²) in [7, 11) is -5.99. The van der Waals surface area contributed by atoms with Gasteiger partial charge < -0.3 is 17.3 Å². The van der Waals surface area contributed by atoms with E-state index in [2.05, 4.69) is 79.7 Å². The zero-order valence-electron chi connectivity index (χ0n) is 14.5. The highest BCUT2D eigenvalue weighted by Crippen LogP contribution is 2.47. The van der Waals surface area contributed by atoms with Gasteiger partial charge in [-0.25, -0.2) is 0 Å². The van der Waals surface area contributed by atoms with Crippen molar-refractivity contribution in [1.29, 1.82) is 0 Å². The van der Waals surface area contributed by atoms with E-state index < -0.39 is 7.25 Å². The summed E-state index contributed by atoms with van der Waals surface area (Å²) >= 11 is 1.90. The Morgan fingerprint density at radius 2 is 1.19 bits per heavy atom. The molecule has 140 valence electrons. The van der Waals surface area contributed by atoms with Crippen molar-refractivity contribution in [3.63, 3.8) is 0 Å². The van der Waals surface area contributed by atoms with E-state index in [0.29, 0.717) is 0 Å². The molecular weight excluding hydrogens is 391 g/mol. The molecule has 0 aliphatic carbocycles. The maximum atomic E-state index is 9.75. The van der Waals surface area contributed by atoms with E-state index in [1.807, 2.05) is 11.8 Å². The maximum absolute atomic E-state index is 9.75. The monoisotopic (exact) mass is 408 g/mol. The molecule has 27 heavy (non-hydrogen) atoms. The maximum Gasteiger partial charge on any atom is 0.673 e. The van der Waals surface area contributed by atoms with Gasteiger partial charge in [-0.15, -0.1) is 0 Å². The highest BCUT2D eigenvalue weighted by molar-refractivity contribution is 8.04. The molecule has 1 aliphatic rings. The minimum absolute atomic E-state index is 0.0110. The van der Waals surface area contributed by atoms with Crippen LogP contribution in [0.5, 0.6) is 0 Å². The van der Waals surface area contributed by atoms with Crippen LogP contribution in [0.15, 0.2) is 97.3 Å². The molecule has 0 saturated carbocycles. The molecule has 3 aromatic carbocycles. The largest absolute Gasteiger partial charge is 0.673 e. The second-order valence-electron chi connectivity index (χ2n) is 5.79. The summed E-state index contributed by atoms with van der Waals surface area (Å²) in [5.74, 6) is 0. The highest BCUT2D eigenvalue weighted by atomic mass is 32.2. The van der Waals surface area contributed by atoms with Crippen molar-refractivity contribution in [2.45, 2.75) is 37.8 Å². The van der Waals surface area contributed by atoms with Crippen LogP contribution in [0.1, 0.15) is 12.5 Å². The van der Waals surface area contributed by atoms with E-state index in [9.17, 15) is 17.3 Å². The fourth-order valence-corrected chi connectivity index (χ4v) is 6.50. The molecule has 0 fully saturated rings. The van der Waals surface area contributed by atoms with Gasteiger partial charge in [0.15, 0.2) is 14.7 Å². The SMILES string of the molecule is CCc1ccc([S+]2c3ccccc3Sc3ccccc32)cc1.F[B-](F)(F)F. The molecular formula is C20H17BF4S2. The van der Waals surface area contributed by atoms with Crippen molar-refractivity contribution in [3.8, 4) is 0 Å². The van der Waals surface area contributed by atoms with Crippen molar-refractivity contribution in [3.05, 3.63) is 78.4 Å². The molecule has 0 unspecified atom stereocenters. The highest BCUT2D eigenvalue weighted by Gasteiger charge is 2.37. The lowest BCUT2D eigenvalue weighted by molar-refractivity contribution is 0.368. The summed E-state index contributed by atoms with van der Waals surface area (Å²) in [6, 6.07) is 26.8. The van der Waals surface area contributed by atoms with Crippen LogP contribution in [0.3, 0.4) is 0 Å². The number of benzene rings is 3. The standard InChI is InChI=1S/C20H17S2.BF4/c1-2-15-11-13-16(14-12-15)22-19-9-5-3-7-17(19)21-18-8-4-6-10-20(18)22;2-1(3,4)5/h3-14H,2H2,1H3;/q+1;-1. The smallest absolute Gasteiger partial charge is 0.418 e. The van der Waals surface area contributed by atoms with Crippen LogP contribution in [0, 0.1) is 0 Å². The Kier molecular flexibility index (Phi) is 6.22. The molecule has 4 rings (SSSR count).